The molecule has 17 heavy (non-hydrogen) atoms. The van der Waals surface area contributed by atoms with Crippen molar-refractivity contribution in [3.8, 4) is 0 Å². The average Bonchev–Trinajstić information content (AvgIpc) is 2.33. The van der Waals surface area contributed by atoms with Crippen molar-refractivity contribution in [3.05, 3.63) is 24.4 Å². The van der Waals surface area contributed by atoms with Crippen molar-refractivity contribution in [3.63, 3.8) is 0 Å². The number of halogens is 1. The van der Waals surface area contributed by atoms with Gasteiger partial charge in [-0.15, -0.1) is 0 Å². The first-order chi connectivity index (χ1) is 8.16. The molecule has 0 bridgehead atoms. The Hall–Kier alpha value is -1.66. The summed E-state index contributed by atoms with van der Waals surface area (Å²) in [7, 11) is 0. The van der Waals surface area contributed by atoms with Crippen LogP contribution in [0, 0.1) is 0 Å². The fourth-order valence-corrected chi connectivity index (χ4v) is 1.57. The normalized spacial score (nSPS) is 18.8. The molecular formula is C10H7ClN4OS. The van der Waals surface area contributed by atoms with Gasteiger partial charge in [0.1, 0.15) is 5.82 Å². The number of hydrogen-bond donors (Lipinski definition) is 1. The highest BCUT2D eigenvalue weighted by atomic mass is 35.5. The summed E-state index contributed by atoms with van der Waals surface area (Å²) in [5.74, 6) is 0.0622. The quantitative estimate of drug-likeness (QED) is 0.651. The molecule has 0 aliphatic carbocycles. The second-order valence-corrected chi connectivity index (χ2v) is 3.97. The second-order valence-electron chi connectivity index (χ2n) is 3.17. The number of aromatic nitrogens is 1. The number of nitrogens with zero attached hydrogens (tertiary/aromatic N) is 3. The molecule has 1 aliphatic heterocycles. The van der Waals surface area contributed by atoms with Gasteiger partial charge in [0, 0.05) is 12.4 Å². The number of pyridine rings is 1. The molecule has 1 amide bonds. The molecule has 7 heteroatoms. The molecule has 5 nitrogen and oxygen atoms in total. The van der Waals surface area contributed by atoms with Crippen molar-refractivity contribution in [1.82, 2.24) is 4.98 Å². The highest BCUT2D eigenvalue weighted by Gasteiger charge is 2.24. The van der Waals surface area contributed by atoms with Gasteiger partial charge in [-0.05, 0) is 23.7 Å². The van der Waals surface area contributed by atoms with Crippen molar-refractivity contribution in [1.29, 1.82) is 0 Å². The first-order valence-corrected chi connectivity index (χ1v) is 5.48. The summed E-state index contributed by atoms with van der Waals surface area (Å²) in [5.41, 5.74) is 0. The van der Waals surface area contributed by atoms with E-state index in [1.54, 1.807) is 24.4 Å². The first-order valence-electron chi connectivity index (χ1n) is 4.70. The predicted molar refractivity (Wildman–Crippen MR) is 71.0 cm³/mol. The van der Waals surface area contributed by atoms with E-state index in [1.807, 2.05) is 0 Å². The third kappa shape index (κ3) is 2.92. The number of amides is 1. The molecule has 86 valence electrons. The smallest absolute Gasteiger partial charge is 0.255 e. The Labute approximate surface area is 108 Å². The van der Waals surface area contributed by atoms with Gasteiger partial charge in [0.05, 0.1) is 4.86 Å². The molecule has 1 aromatic heterocycles. The number of carbonyl (C=O) groups excluding carboxylic acids is 1. The molecule has 0 saturated heterocycles. The van der Waals surface area contributed by atoms with Crippen LogP contribution in [-0.4, -0.2) is 33.3 Å². The zero-order valence-corrected chi connectivity index (χ0v) is 10.1. The maximum absolute atomic E-state index is 11.9. The molecule has 0 spiro atoms. The van der Waals surface area contributed by atoms with Crippen LogP contribution in [0.15, 0.2) is 34.4 Å². The summed E-state index contributed by atoms with van der Waals surface area (Å²) in [5, 5.41) is 2.61. The molecule has 1 atom stereocenters. The highest BCUT2D eigenvalue weighted by Crippen LogP contribution is 2.08. The number of hydrogen-bond acceptors (Lipinski definition) is 5. The molecule has 1 unspecified atom stereocenters. The predicted octanol–water partition coefficient (Wildman–Crippen LogP) is 1.44. The number of anilines is 1. The minimum atomic E-state index is -0.822. The summed E-state index contributed by atoms with van der Waals surface area (Å²) in [6, 6.07) is 4.36. The Balaban J connectivity index is 2.11. The molecule has 0 aromatic carbocycles. The standard InChI is InChI=1S/C10H7ClN4OS/c11-10-13-5-6(17)8(15-10)9(16)14-7-3-1-2-4-12-7/h1-5,8H,(H,12,14,16). The van der Waals surface area contributed by atoms with Crippen LogP contribution in [0.4, 0.5) is 5.82 Å². The molecule has 1 N–H and O–H groups in total. The van der Waals surface area contributed by atoms with Gasteiger partial charge in [-0.2, -0.15) is 0 Å². The van der Waals surface area contributed by atoms with Crippen LogP contribution in [0.25, 0.3) is 0 Å². The van der Waals surface area contributed by atoms with Crippen molar-refractivity contribution < 1.29 is 4.79 Å². The van der Waals surface area contributed by atoms with Gasteiger partial charge in [0.2, 0.25) is 5.29 Å². The fourth-order valence-electron chi connectivity index (χ4n) is 1.21. The van der Waals surface area contributed by atoms with Crippen molar-refractivity contribution in [2.24, 2.45) is 9.98 Å². The van der Waals surface area contributed by atoms with Crippen LogP contribution >= 0.6 is 23.8 Å². The van der Waals surface area contributed by atoms with Crippen LogP contribution in [0.3, 0.4) is 0 Å². The summed E-state index contributed by atoms with van der Waals surface area (Å²) >= 11 is 10.6. The molecule has 0 fully saturated rings. The van der Waals surface area contributed by atoms with Crippen LogP contribution in [0.1, 0.15) is 0 Å². The van der Waals surface area contributed by atoms with E-state index >= 15 is 0 Å². The Bertz CT molecular complexity index is 514. The van der Waals surface area contributed by atoms with E-state index in [4.69, 9.17) is 23.8 Å². The lowest BCUT2D eigenvalue weighted by Gasteiger charge is -2.13. The number of carbonyl (C=O) groups is 1. The minimum Gasteiger partial charge on any atom is -0.308 e. The van der Waals surface area contributed by atoms with Gasteiger partial charge in [-0.1, -0.05) is 18.3 Å². The summed E-state index contributed by atoms with van der Waals surface area (Å²) in [6.45, 7) is 0. The van der Waals surface area contributed by atoms with Crippen LogP contribution in [0.5, 0.6) is 0 Å². The van der Waals surface area contributed by atoms with E-state index < -0.39 is 6.04 Å². The number of thiocarbonyl (C=S) groups is 1. The van der Waals surface area contributed by atoms with Crippen molar-refractivity contribution in [2.75, 3.05) is 5.32 Å². The number of amidine groups is 1. The van der Waals surface area contributed by atoms with E-state index in [-0.39, 0.29) is 11.2 Å². The van der Waals surface area contributed by atoms with Crippen molar-refractivity contribution in [2.45, 2.75) is 6.04 Å². The Kier molecular flexibility index (Phi) is 3.55. The maximum Gasteiger partial charge on any atom is 0.255 e. The maximum atomic E-state index is 11.9. The van der Waals surface area contributed by atoms with E-state index in [0.717, 1.165) is 0 Å². The Morgan fingerprint density at radius 3 is 3.00 bits per heavy atom. The van der Waals surface area contributed by atoms with E-state index in [0.29, 0.717) is 10.7 Å². The molecule has 1 aromatic rings. The molecule has 0 radical (unpaired) electrons. The highest BCUT2D eigenvalue weighted by molar-refractivity contribution is 7.82. The molecule has 2 rings (SSSR count). The van der Waals surface area contributed by atoms with E-state index in [1.165, 1.54) is 6.21 Å². The Morgan fingerprint density at radius 1 is 1.47 bits per heavy atom. The second kappa shape index (κ2) is 5.11. The number of rotatable bonds is 2. The lowest BCUT2D eigenvalue weighted by molar-refractivity contribution is -0.116. The van der Waals surface area contributed by atoms with Crippen LogP contribution in [0.2, 0.25) is 0 Å². The van der Waals surface area contributed by atoms with Crippen molar-refractivity contribution >= 4 is 51.9 Å². The number of nitrogens with one attached hydrogen (secondary N) is 1. The first kappa shape index (κ1) is 11.8. The van der Waals surface area contributed by atoms with Crippen LogP contribution < -0.4 is 5.32 Å². The third-order valence-corrected chi connectivity index (χ3v) is 2.49. The molecule has 0 saturated carbocycles. The lowest BCUT2D eigenvalue weighted by Crippen LogP contribution is -2.35. The van der Waals surface area contributed by atoms with Gasteiger partial charge in [-0.3, -0.25) is 4.79 Å². The van der Waals surface area contributed by atoms with Gasteiger partial charge < -0.3 is 5.32 Å². The van der Waals surface area contributed by atoms with Crippen LogP contribution in [-0.2, 0) is 4.79 Å². The summed E-state index contributed by atoms with van der Waals surface area (Å²) < 4.78 is 0. The summed E-state index contributed by atoms with van der Waals surface area (Å²) in [6.07, 6.45) is 2.93. The third-order valence-electron chi connectivity index (χ3n) is 1.97. The Morgan fingerprint density at radius 2 is 2.29 bits per heavy atom. The zero-order valence-electron chi connectivity index (χ0n) is 8.50. The topological polar surface area (TPSA) is 66.7 Å². The lowest BCUT2D eigenvalue weighted by atomic mass is 10.2. The fraction of sp³-hybridized carbons (Fsp3) is 0.100. The SMILES string of the molecule is O=C(Nc1ccccn1)C1N=C(Cl)N=CC1=S. The van der Waals surface area contributed by atoms with E-state index in [9.17, 15) is 4.79 Å². The molecule has 1 aliphatic rings. The zero-order chi connectivity index (χ0) is 12.3. The van der Waals surface area contributed by atoms with Gasteiger partial charge in [0.25, 0.3) is 5.91 Å². The molecular weight excluding hydrogens is 260 g/mol. The van der Waals surface area contributed by atoms with Gasteiger partial charge in [-0.25, -0.2) is 15.0 Å². The monoisotopic (exact) mass is 266 g/mol. The van der Waals surface area contributed by atoms with Gasteiger partial charge >= 0.3 is 0 Å². The van der Waals surface area contributed by atoms with Gasteiger partial charge in [0.15, 0.2) is 6.04 Å². The number of aliphatic imine (C=N–C) groups is 2. The largest absolute Gasteiger partial charge is 0.308 e. The summed E-state index contributed by atoms with van der Waals surface area (Å²) in [4.78, 5) is 23.7. The van der Waals surface area contributed by atoms with E-state index in [2.05, 4.69) is 20.3 Å². The average molecular weight is 267 g/mol. The molecule has 2 heterocycles. The minimum absolute atomic E-state index is 0.0137.